The number of carbonyl (C=O) groups excluding carboxylic acids is 1. The van der Waals surface area contributed by atoms with Crippen LogP contribution < -0.4 is 0 Å². The van der Waals surface area contributed by atoms with E-state index < -0.39 is 49.2 Å². The lowest BCUT2D eigenvalue weighted by Crippen LogP contribution is -2.17. The first kappa shape index (κ1) is 20.9. The molecular weight excluding hydrogens is 440 g/mol. The van der Waals surface area contributed by atoms with Crippen LogP contribution in [0.1, 0.15) is 16.2 Å². The SMILES string of the molecule is O=C(CS(=O)(=O)c1ccc(F)cc1F)c1ccc(-c2noc(C(F)(F)Cl)n2)cc1. The lowest BCUT2D eigenvalue weighted by atomic mass is 10.1. The molecule has 0 saturated heterocycles. The minimum Gasteiger partial charge on any atom is -0.331 e. The largest absolute Gasteiger partial charge is 0.400 e. The van der Waals surface area contributed by atoms with Crippen molar-refractivity contribution in [2.75, 3.05) is 5.75 Å². The number of nitrogens with zero attached hydrogens (tertiary/aromatic N) is 2. The standard InChI is InChI=1S/C17H9ClF4N2O4S/c18-17(21,22)16-23-15(24-28-16)10-3-1-9(2-4-10)13(25)8-29(26,27)14-6-5-11(19)7-12(14)20/h1-7H,8H2. The third-order valence-electron chi connectivity index (χ3n) is 3.68. The van der Waals surface area contributed by atoms with Crippen molar-refractivity contribution in [2.45, 2.75) is 10.3 Å². The molecule has 1 heterocycles. The van der Waals surface area contributed by atoms with Crippen LogP contribution in [0.2, 0.25) is 0 Å². The first-order chi connectivity index (χ1) is 13.5. The number of carbonyl (C=O) groups is 1. The lowest BCUT2D eigenvalue weighted by molar-refractivity contribution is 0.0551. The van der Waals surface area contributed by atoms with Crippen molar-refractivity contribution in [3.63, 3.8) is 0 Å². The third kappa shape index (κ3) is 4.62. The number of alkyl halides is 3. The van der Waals surface area contributed by atoms with Crippen molar-refractivity contribution in [2.24, 2.45) is 0 Å². The molecule has 0 saturated carbocycles. The van der Waals surface area contributed by atoms with Crippen molar-refractivity contribution in [1.29, 1.82) is 0 Å². The molecule has 29 heavy (non-hydrogen) atoms. The van der Waals surface area contributed by atoms with Crippen molar-refractivity contribution in [3.8, 4) is 11.4 Å². The normalized spacial score (nSPS) is 12.2. The number of sulfone groups is 1. The number of halogens is 5. The molecule has 0 bridgehead atoms. The molecule has 0 aliphatic heterocycles. The Bertz CT molecular complexity index is 1170. The molecule has 0 atom stereocenters. The zero-order valence-corrected chi connectivity index (χ0v) is 15.6. The third-order valence-corrected chi connectivity index (χ3v) is 5.49. The molecule has 2 aromatic carbocycles. The van der Waals surface area contributed by atoms with E-state index in [4.69, 9.17) is 11.6 Å². The second kappa shape index (κ2) is 7.56. The summed E-state index contributed by atoms with van der Waals surface area (Å²) in [4.78, 5) is 14.9. The fourth-order valence-electron chi connectivity index (χ4n) is 2.32. The Morgan fingerprint density at radius 1 is 1.10 bits per heavy atom. The Morgan fingerprint density at radius 2 is 1.76 bits per heavy atom. The molecule has 0 aliphatic carbocycles. The Hall–Kier alpha value is -2.79. The molecular formula is C17H9ClF4N2O4S. The van der Waals surface area contributed by atoms with Gasteiger partial charge in [-0.05, 0) is 23.7 Å². The van der Waals surface area contributed by atoms with Crippen LogP contribution in [0, 0.1) is 11.6 Å². The Balaban J connectivity index is 1.79. The van der Waals surface area contributed by atoms with Crippen LogP contribution in [0.3, 0.4) is 0 Å². The fourth-order valence-corrected chi connectivity index (χ4v) is 3.70. The summed E-state index contributed by atoms with van der Waals surface area (Å²) >= 11 is 4.78. The van der Waals surface area contributed by atoms with E-state index in [1.807, 2.05) is 0 Å². The first-order valence-corrected chi connectivity index (χ1v) is 9.73. The highest BCUT2D eigenvalue weighted by molar-refractivity contribution is 7.92. The van der Waals surface area contributed by atoms with Gasteiger partial charge >= 0.3 is 11.3 Å². The van der Waals surface area contributed by atoms with Crippen molar-refractivity contribution in [1.82, 2.24) is 10.1 Å². The second-order valence-corrected chi connectivity index (χ2v) is 8.19. The highest BCUT2D eigenvalue weighted by Crippen LogP contribution is 2.32. The van der Waals surface area contributed by atoms with Gasteiger partial charge in [0, 0.05) is 17.2 Å². The summed E-state index contributed by atoms with van der Waals surface area (Å²) in [6.45, 7) is 0. The number of rotatable bonds is 6. The first-order valence-electron chi connectivity index (χ1n) is 7.70. The van der Waals surface area contributed by atoms with E-state index in [9.17, 15) is 30.8 Å². The van der Waals surface area contributed by atoms with Gasteiger partial charge in [0.1, 0.15) is 22.3 Å². The Labute approximate surface area is 166 Å². The zero-order chi connectivity index (χ0) is 21.4. The molecule has 6 nitrogen and oxygen atoms in total. The van der Waals surface area contributed by atoms with Gasteiger partial charge in [-0.1, -0.05) is 29.4 Å². The number of ketones is 1. The highest BCUT2D eigenvalue weighted by atomic mass is 35.5. The Kier molecular flexibility index (Phi) is 5.46. The van der Waals surface area contributed by atoms with Gasteiger partial charge in [-0.2, -0.15) is 13.8 Å². The molecule has 0 spiro atoms. The maximum atomic E-state index is 13.7. The molecule has 0 unspecified atom stereocenters. The monoisotopic (exact) mass is 448 g/mol. The van der Waals surface area contributed by atoms with Crippen molar-refractivity contribution in [3.05, 3.63) is 65.6 Å². The summed E-state index contributed by atoms with van der Waals surface area (Å²) in [5, 5.41) is -0.502. The molecule has 3 rings (SSSR count). The van der Waals surface area contributed by atoms with Crippen LogP contribution >= 0.6 is 11.6 Å². The van der Waals surface area contributed by atoms with Crippen LogP contribution in [-0.4, -0.2) is 30.1 Å². The lowest BCUT2D eigenvalue weighted by Gasteiger charge is -2.06. The molecule has 152 valence electrons. The summed E-state index contributed by atoms with van der Waals surface area (Å²) in [6, 6.07) is 6.87. The summed E-state index contributed by atoms with van der Waals surface area (Å²) in [7, 11) is -4.36. The summed E-state index contributed by atoms with van der Waals surface area (Å²) in [6.07, 6.45) is 0. The van der Waals surface area contributed by atoms with Crippen LogP contribution in [0.5, 0.6) is 0 Å². The fraction of sp³-hybridized carbons (Fsp3) is 0.118. The van der Waals surface area contributed by atoms with Gasteiger partial charge in [0.05, 0.1) is 0 Å². The molecule has 0 amide bonds. The van der Waals surface area contributed by atoms with Crippen LogP contribution in [0.4, 0.5) is 17.6 Å². The van der Waals surface area contributed by atoms with Gasteiger partial charge in [0.25, 0.3) is 0 Å². The molecule has 3 aromatic rings. The van der Waals surface area contributed by atoms with E-state index >= 15 is 0 Å². The number of Topliss-reactive ketones (excluding diaryl/α,β-unsaturated/α-hetero) is 1. The topological polar surface area (TPSA) is 90.1 Å². The minimum absolute atomic E-state index is 0.0498. The second-order valence-electron chi connectivity index (χ2n) is 5.76. The van der Waals surface area contributed by atoms with Gasteiger partial charge in [-0.15, -0.1) is 0 Å². The average molecular weight is 449 g/mol. The summed E-state index contributed by atoms with van der Waals surface area (Å²) in [5.74, 6) is -5.51. The molecule has 0 fully saturated rings. The number of hydrogen-bond acceptors (Lipinski definition) is 6. The Morgan fingerprint density at radius 3 is 2.31 bits per heavy atom. The van der Waals surface area contributed by atoms with Gasteiger partial charge < -0.3 is 4.52 Å². The number of hydrogen-bond donors (Lipinski definition) is 0. The minimum atomic E-state index is -4.36. The molecule has 1 aromatic heterocycles. The number of benzene rings is 2. The highest BCUT2D eigenvalue weighted by Gasteiger charge is 2.35. The van der Waals surface area contributed by atoms with Crippen LogP contribution in [0.25, 0.3) is 11.4 Å². The quantitative estimate of drug-likeness (QED) is 0.245. The number of aromatic nitrogens is 2. The van der Waals surface area contributed by atoms with E-state index in [1.165, 1.54) is 24.3 Å². The van der Waals surface area contributed by atoms with E-state index in [2.05, 4.69) is 14.7 Å². The summed E-state index contributed by atoms with van der Waals surface area (Å²) < 4.78 is 81.3. The average Bonchev–Trinajstić information content (AvgIpc) is 3.11. The maximum Gasteiger partial charge on any atom is 0.400 e. The molecule has 0 N–H and O–H groups in total. The van der Waals surface area contributed by atoms with E-state index in [-0.39, 0.29) is 17.0 Å². The smallest absolute Gasteiger partial charge is 0.331 e. The van der Waals surface area contributed by atoms with E-state index in [1.54, 1.807) is 0 Å². The van der Waals surface area contributed by atoms with Gasteiger partial charge in [-0.25, -0.2) is 17.2 Å². The predicted octanol–water partition coefficient (Wildman–Crippen LogP) is 3.96. The zero-order valence-electron chi connectivity index (χ0n) is 14.1. The predicted molar refractivity (Wildman–Crippen MR) is 92.2 cm³/mol. The molecule has 0 aliphatic rings. The van der Waals surface area contributed by atoms with Crippen LogP contribution in [-0.2, 0) is 15.2 Å². The van der Waals surface area contributed by atoms with Crippen molar-refractivity contribution >= 4 is 27.2 Å². The van der Waals surface area contributed by atoms with E-state index in [0.29, 0.717) is 6.07 Å². The summed E-state index contributed by atoms with van der Waals surface area (Å²) in [5.41, 5.74) is 0.149. The molecule has 12 heteroatoms. The van der Waals surface area contributed by atoms with E-state index in [0.717, 1.165) is 12.1 Å². The molecule has 0 radical (unpaired) electrons. The van der Waals surface area contributed by atoms with Crippen molar-refractivity contribution < 1.29 is 35.3 Å². The van der Waals surface area contributed by atoms with Gasteiger partial charge in [-0.3, -0.25) is 4.79 Å². The van der Waals surface area contributed by atoms with Gasteiger partial charge in [0.15, 0.2) is 15.6 Å². The van der Waals surface area contributed by atoms with Gasteiger partial charge in [0.2, 0.25) is 5.82 Å². The van der Waals surface area contributed by atoms with Crippen LogP contribution in [0.15, 0.2) is 51.9 Å². The maximum absolute atomic E-state index is 13.7.